The zero-order chi connectivity index (χ0) is 90.6. The summed E-state index contributed by atoms with van der Waals surface area (Å²) in [4.78, 5) is 48.9. The summed E-state index contributed by atoms with van der Waals surface area (Å²) in [5, 5.41) is 82.1. The first kappa shape index (κ1) is 95.7. The van der Waals surface area contributed by atoms with Gasteiger partial charge in [0.1, 0.15) is 69.0 Å². The quantitative estimate of drug-likeness (QED) is 0.0194. The monoisotopic (exact) mass is 1730 g/mol. The molecule has 28 nitrogen and oxygen atoms in total. The standard InChI is InChI=1S/C22H29F4N5O.C21H27FN6O.C20H24F5N5O2.C20H24F2N6O2/c1-20(2)10-14(7-8-16(20)32)30-18-15(22(24,25)26)12-29-19(31-18)28-11-13-6-5-9-27-17(13)21(3,4)23;1-20(2)15(12-29)8-16(20)27-18-14(9-23)11-26-19(28-18)25-10-13-6-5-7-24-17(13)21(3,4)22;1-18(2)13(7-14(18)31)29-15-12(20(23,24)25)9-28-17(30-15)27-8-11-5-4-6-26-16(11)32-10-19(3,21)22;1-19(2)14(7-15(19)29)27-16-13(8-23)10-26-18(28-16)25-9-12-5-4-6-24-17(12)30-11-20(3,21)22/h5-6,9,12,14,16,32H,7-8,10-11H2,1-4H3,(H2,28,29,30,31);5-7,11,15-16,29H,8,10,12H2,1-4H3,(H2,25,26,27,28);4-6,9,13-14,31H,7-8,10H2,1-3H3,(H2,27,28,29,30);4-6,10,14-15,29H,7,9,11H2,1-3H3,(H2,25,26,27,28)/t14-,16+;15-,16-;13?,14-;14-,15+/m1101/s1. The molecule has 12 N–H and O–H groups in total. The van der Waals surface area contributed by atoms with Gasteiger partial charge in [-0.15, -0.1) is 0 Å². The molecule has 4 aliphatic carbocycles. The molecular formula is C83H104F12N22O6. The van der Waals surface area contributed by atoms with E-state index in [-0.39, 0.29) is 114 Å². The van der Waals surface area contributed by atoms with Crippen LogP contribution in [-0.2, 0) is 49.9 Å². The number of nitriles is 2. The molecule has 0 amide bonds. The number of aromatic nitrogens is 12. The SMILES string of the molecule is CC(C)(F)c1ncccc1CNc1ncc(C#N)c(N[C@@H]2C[C@H](CO)C2(C)C)n1.CC(C)(F)c1ncccc1CNc1ncc(C(F)(F)F)c(N[C@@H]2CC[C@H](O)C(C)(C)C2)n1.CC(F)(F)COc1ncccc1CNc1ncc(C#N)c(N[C@@H]2C[C@H](O)C2(C)C)n1.CC(F)(F)COc1ncccc1CNc1ncc(C(F)(F)F)c(NC2C[C@H](O)C2(C)C)n1. The van der Waals surface area contributed by atoms with Gasteiger partial charge < -0.3 is 72.4 Å². The third-order valence-corrected chi connectivity index (χ3v) is 22.1. The highest BCUT2D eigenvalue weighted by Crippen LogP contribution is 2.49. The van der Waals surface area contributed by atoms with E-state index in [0.717, 1.165) is 19.5 Å². The van der Waals surface area contributed by atoms with Crippen molar-refractivity contribution < 1.29 is 82.6 Å². The van der Waals surface area contributed by atoms with E-state index in [2.05, 4.69) is 122 Å². The lowest BCUT2D eigenvalue weighted by Crippen LogP contribution is -2.57. The van der Waals surface area contributed by atoms with Crippen LogP contribution < -0.4 is 52.0 Å². The van der Waals surface area contributed by atoms with E-state index < -0.39 is 101 Å². The van der Waals surface area contributed by atoms with E-state index in [1.54, 1.807) is 62.5 Å². The number of anilines is 8. The largest absolute Gasteiger partial charge is 0.471 e. The van der Waals surface area contributed by atoms with Crippen LogP contribution in [0.4, 0.5) is 99.7 Å². The lowest BCUT2D eigenvalue weighted by molar-refractivity contribution is -0.138. The molecule has 0 bridgehead atoms. The summed E-state index contributed by atoms with van der Waals surface area (Å²) in [6, 6.07) is 17.0. The van der Waals surface area contributed by atoms with Crippen molar-refractivity contribution in [2.24, 2.45) is 27.6 Å². The lowest BCUT2D eigenvalue weighted by atomic mass is 9.59. The number of aliphatic hydroxyl groups excluding tert-OH is 4. The molecule has 12 rings (SSSR count). The van der Waals surface area contributed by atoms with Crippen LogP contribution in [0.3, 0.4) is 0 Å². The Morgan fingerprint density at radius 2 is 0.772 bits per heavy atom. The van der Waals surface area contributed by atoms with Gasteiger partial charge in [0.25, 0.3) is 11.8 Å². The van der Waals surface area contributed by atoms with E-state index in [0.29, 0.717) is 96.4 Å². The summed E-state index contributed by atoms with van der Waals surface area (Å²) in [5.74, 6) is -5.15. The van der Waals surface area contributed by atoms with Crippen molar-refractivity contribution in [3.63, 3.8) is 0 Å². The Morgan fingerprint density at radius 3 is 1.11 bits per heavy atom. The van der Waals surface area contributed by atoms with Gasteiger partial charge in [-0.1, -0.05) is 79.7 Å². The first-order valence-corrected chi connectivity index (χ1v) is 39.6. The molecule has 666 valence electrons. The molecule has 4 fully saturated rings. The molecule has 40 heteroatoms. The van der Waals surface area contributed by atoms with Crippen LogP contribution >= 0.6 is 0 Å². The fraction of sp³-hybridized carbons (Fsp3) is 0.542. The minimum Gasteiger partial charge on any atom is -0.471 e. The van der Waals surface area contributed by atoms with E-state index in [1.165, 1.54) is 58.7 Å². The first-order chi connectivity index (χ1) is 57.3. The number of aliphatic hydroxyl groups is 4. The van der Waals surface area contributed by atoms with E-state index in [1.807, 2.05) is 39.8 Å². The summed E-state index contributed by atoms with van der Waals surface area (Å²) < 4.78 is 172. The number of nitrogens with zero attached hydrogens (tertiary/aromatic N) is 14. The van der Waals surface area contributed by atoms with Crippen LogP contribution in [0.2, 0.25) is 0 Å². The van der Waals surface area contributed by atoms with Gasteiger partial charge in [0.05, 0.1) is 42.1 Å². The lowest BCUT2D eigenvalue weighted by Gasteiger charge is -2.52. The fourth-order valence-corrected chi connectivity index (χ4v) is 13.9. The van der Waals surface area contributed by atoms with Crippen LogP contribution in [0.1, 0.15) is 191 Å². The number of hydrogen-bond acceptors (Lipinski definition) is 28. The van der Waals surface area contributed by atoms with Crippen molar-refractivity contribution in [2.75, 3.05) is 62.4 Å². The van der Waals surface area contributed by atoms with Crippen molar-refractivity contribution in [1.82, 2.24) is 59.8 Å². The minimum absolute atomic E-state index is 0.0120. The number of alkyl halides is 12. The van der Waals surface area contributed by atoms with Crippen molar-refractivity contribution in [3.8, 4) is 23.9 Å². The van der Waals surface area contributed by atoms with Crippen molar-refractivity contribution in [3.05, 3.63) is 154 Å². The molecule has 8 aromatic heterocycles. The van der Waals surface area contributed by atoms with Gasteiger partial charge in [0, 0.05) is 130 Å². The molecule has 0 aromatic carbocycles. The molecule has 4 aliphatic rings. The molecule has 0 spiro atoms. The van der Waals surface area contributed by atoms with Gasteiger partial charge in [0.15, 0.2) is 13.2 Å². The third kappa shape index (κ3) is 25.5. The van der Waals surface area contributed by atoms with Gasteiger partial charge in [-0.3, -0.25) is 9.97 Å². The Bertz CT molecular complexity index is 4970. The van der Waals surface area contributed by atoms with Crippen LogP contribution in [-0.4, -0.2) is 154 Å². The van der Waals surface area contributed by atoms with Gasteiger partial charge in [0.2, 0.25) is 35.6 Å². The van der Waals surface area contributed by atoms with Crippen LogP contribution in [0.5, 0.6) is 11.8 Å². The van der Waals surface area contributed by atoms with Gasteiger partial charge in [-0.05, 0) is 118 Å². The van der Waals surface area contributed by atoms with Crippen LogP contribution in [0, 0.1) is 50.2 Å². The Hall–Kier alpha value is -11.1. The summed E-state index contributed by atoms with van der Waals surface area (Å²) in [5.41, 5.74) is -3.23. The van der Waals surface area contributed by atoms with Gasteiger partial charge in [-0.2, -0.15) is 56.8 Å². The number of rotatable bonds is 29. The van der Waals surface area contributed by atoms with Gasteiger partial charge >= 0.3 is 12.4 Å². The number of hydrogen-bond donors (Lipinski definition) is 12. The summed E-state index contributed by atoms with van der Waals surface area (Å²) in [6.45, 7) is 21.6. The Balaban J connectivity index is 0.000000186. The Morgan fingerprint density at radius 1 is 0.431 bits per heavy atom. The average Bonchev–Trinajstić information content (AvgIpc) is 0.770. The summed E-state index contributed by atoms with van der Waals surface area (Å²) in [7, 11) is 0. The maximum Gasteiger partial charge on any atom is 0.421 e. The minimum atomic E-state index is -4.68. The highest BCUT2D eigenvalue weighted by molar-refractivity contribution is 5.57. The highest BCUT2D eigenvalue weighted by atomic mass is 19.4. The molecule has 8 aromatic rings. The topological polar surface area (TPSA) is 398 Å². The second kappa shape index (κ2) is 38.8. The normalized spacial score (nSPS) is 20.6. The Kier molecular flexibility index (Phi) is 30.2. The highest BCUT2D eigenvalue weighted by Gasteiger charge is 2.51. The molecule has 0 aliphatic heterocycles. The second-order valence-electron chi connectivity index (χ2n) is 34.4. The molecular weight excluding hydrogens is 1630 g/mol. The molecule has 123 heavy (non-hydrogen) atoms. The molecule has 0 saturated heterocycles. The second-order valence-corrected chi connectivity index (χ2v) is 34.4. The molecule has 4 saturated carbocycles. The predicted octanol–water partition coefficient (Wildman–Crippen LogP) is 15.5. The van der Waals surface area contributed by atoms with Crippen LogP contribution in [0.15, 0.2) is 98.1 Å². The van der Waals surface area contributed by atoms with E-state index in [4.69, 9.17) is 9.47 Å². The number of ether oxygens (including phenoxy) is 2. The zero-order valence-electron chi connectivity index (χ0n) is 70.5. The third-order valence-electron chi connectivity index (χ3n) is 22.1. The average molecular weight is 1730 g/mol. The smallest absolute Gasteiger partial charge is 0.421 e. The van der Waals surface area contributed by atoms with Crippen LogP contribution in [0.25, 0.3) is 0 Å². The first-order valence-electron chi connectivity index (χ1n) is 39.6. The number of nitrogens with one attached hydrogen (secondary N) is 8. The maximum absolute atomic E-state index is 14.4. The maximum atomic E-state index is 14.4. The zero-order valence-corrected chi connectivity index (χ0v) is 70.5. The van der Waals surface area contributed by atoms with E-state index >= 15 is 0 Å². The van der Waals surface area contributed by atoms with Crippen molar-refractivity contribution in [2.45, 2.75) is 240 Å². The fourth-order valence-electron chi connectivity index (χ4n) is 13.9. The predicted molar refractivity (Wildman–Crippen MR) is 435 cm³/mol. The number of halogens is 12. The van der Waals surface area contributed by atoms with Crippen molar-refractivity contribution in [1.29, 1.82) is 10.5 Å². The summed E-state index contributed by atoms with van der Waals surface area (Å²) in [6.07, 6.45) is 2.49. The number of pyridine rings is 4. The van der Waals surface area contributed by atoms with Crippen molar-refractivity contribution >= 4 is 47.1 Å². The Labute approximate surface area is 704 Å². The molecule has 0 radical (unpaired) electrons. The van der Waals surface area contributed by atoms with Gasteiger partial charge in [-0.25, -0.2) is 56.2 Å². The summed E-state index contributed by atoms with van der Waals surface area (Å²) >= 11 is 0. The van der Waals surface area contributed by atoms with E-state index in [9.17, 15) is 83.6 Å². The molecule has 8 heterocycles. The molecule has 8 atom stereocenters. The molecule has 1 unspecified atom stereocenters.